The van der Waals surface area contributed by atoms with Gasteiger partial charge in [-0.15, -0.1) is 0 Å². The Hall–Kier alpha value is -2.57. The van der Waals surface area contributed by atoms with Crippen LogP contribution in [-0.2, 0) is 0 Å². The van der Waals surface area contributed by atoms with Crippen molar-refractivity contribution in [1.29, 1.82) is 0 Å². The number of amides is 1. The normalized spacial score (nSPS) is 17.0. The molecule has 6 nitrogen and oxygen atoms in total. The summed E-state index contributed by atoms with van der Waals surface area (Å²) < 4.78 is 7.23. The van der Waals surface area contributed by atoms with Gasteiger partial charge in [-0.25, -0.2) is 4.68 Å². The van der Waals surface area contributed by atoms with Gasteiger partial charge in [-0.1, -0.05) is 11.6 Å². The van der Waals surface area contributed by atoms with Crippen molar-refractivity contribution in [1.82, 2.24) is 20.4 Å². The number of benzene rings is 1. The number of nitrogens with zero attached hydrogens (tertiary/aromatic N) is 2. The van der Waals surface area contributed by atoms with Gasteiger partial charge in [0.1, 0.15) is 5.69 Å². The van der Waals surface area contributed by atoms with Gasteiger partial charge in [0.25, 0.3) is 5.91 Å². The van der Waals surface area contributed by atoms with Crippen LogP contribution in [0.2, 0.25) is 5.02 Å². The first-order chi connectivity index (χ1) is 13.2. The van der Waals surface area contributed by atoms with Crippen molar-refractivity contribution in [3.05, 3.63) is 59.4 Å². The standard InChI is InChI=1S/C20H21ClN4O2/c21-15-5-7-16(8-6-15)25-18(19-4-2-10-27-19)11-17(24-25)20(26)23-13-14-3-1-9-22-12-14/h2,4-8,10-11,14,22H,1,3,9,12-13H2,(H,23,26). The summed E-state index contributed by atoms with van der Waals surface area (Å²) in [5.41, 5.74) is 1.88. The molecule has 0 spiro atoms. The first kappa shape index (κ1) is 17.8. The summed E-state index contributed by atoms with van der Waals surface area (Å²) in [5, 5.41) is 11.5. The lowest BCUT2D eigenvalue weighted by atomic mass is 10.00. The molecule has 3 heterocycles. The molecule has 27 heavy (non-hydrogen) atoms. The van der Waals surface area contributed by atoms with Crippen LogP contribution in [0.5, 0.6) is 0 Å². The molecule has 0 aliphatic carbocycles. The zero-order valence-electron chi connectivity index (χ0n) is 14.8. The number of carbonyl (C=O) groups excluding carboxylic acids is 1. The molecule has 1 aliphatic heterocycles. The molecule has 1 amide bonds. The van der Waals surface area contributed by atoms with E-state index in [2.05, 4.69) is 15.7 Å². The maximum Gasteiger partial charge on any atom is 0.271 e. The van der Waals surface area contributed by atoms with Crippen LogP contribution in [0.25, 0.3) is 17.1 Å². The number of piperidine rings is 1. The van der Waals surface area contributed by atoms with Gasteiger partial charge in [-0.2, -0.15) is 5.10 Å². The van der Waals surface area contributed by atoms with E-state index in [9.17, 15) is 4.79 Å². The SMILES string of the molecule is O=C(NCC1CCCNC1)c1cc(-c2ccco2)n(-c2ccc(Cl)cc2)n1. The number of aromatic nitrogens is 2. The van der Waals surface area contributed by atoms with E-state index in [1.807, 2.05) is 24.3 Å². The maximum absolute atomic E-state index is 12.6. The van der Waals surface area contributed by atoms with Crippen molar-refractivity contribution in [2.75, 3.05) is 19.6 Å². The highest BCUT2D eigenvalue weighted by Gasteiger charge is 2.20. The fraction of sp³-hybridized carbons (Fsp3) is 0.300. The zero-order valence-corrected chi connectivity index (χ0v) is 15.6. The van der Waals surface area contributed by atoms with Crippen molar-refractivity contribution in [2.24, 2.45) is 5.92 Å². The number of nitrogens with one attached hydrogen (secondary N) is 2. The first-order valence-electron chi connectivity index (χ1n) is 9.09. The third-order valence-corrected chi connectivity index (χ3v) is 4.99. The zero-order chi connectivity index (χ0) is 18.6. The summed E-state index contributed by atoms with van der Waals surface area (Å²) in [7, 11) is 0. The average Bonchev–Trinajstić information content (AvgIpc) is 3.37. The van der Waals surface area contributed by atoms with Gasteiger partial charge in [0.2, 0.25) is 0 Å². The minimum atomic E-state index is -0.180. The molecule has 1 fully saturated rings. The highest BCUT2D eigenvalue weighted by Crippen LogP contribution is 2.25. The van der Waals surface area contributed by atoms with E-state index in [4.69, 9.17) is 16.0 Å². The number of hydrogen-bond acceptors (Lipinski definition) is 4. The lowest BCUT2D eigenvalue weighted by Gasteiger charge is -2.22. The van der Waals surface area contributed by atoms with Gasteiger partial charge < -0.3 is 15.1 Å². The van der Waals surface area contributed by atoms with Crippen molar-refractivity contribution in [3.63, 3.8) is 0 Å². The molecule has 0 radical (unpaired) electrons. The topological polar surface area (TPSA) is 72.1 Å². The first-order valence-corrected chi connectivity index (χ1v) is 9.47. The van der Waals surface area contributed by atoms with Crippen LogP contribution in [0, 0.1) is 5.92 Å². The second kappa shape index (κ2) is 7.98. The minimum absolute atomic E-state index is 0.180. The highest BCUT2D eigenvalue weighted by atomic mass is 35.5. The Morgan fingerprint density at radius 1 is 1.33 bits per heavy atom. The second-order valence-corrected chi connectivity index (χ2v) is 7.14. The Kier molecular flexibility index (Phi) is 5.27. The number of halogens is 1. The lowest BCUT2D eigenvalue weighted by molar-refractivity contribution is 0.0939. The molecule has 0 saturated carbocycles. The van der Waals surface area contributed by atoms with Crippen LogP contribution in [0.3, 0.4) is 0 Å². The van der Waals surface area contributed by atoms with Gasteiger partial charge in [-0.05, 0) is 68.2 Å². The fourth-order valence-corrected chi connectivity index (χ4v) is 3.42. The third-order valence-electron chi connectivity index (χ3n) is 4.74. The Bertz CT molecular complexity index is 897. The molecular formula is C20H21ClN4O2. The van der Waals surface area contributed by atoms with E-state index < -0.39 is 0 Å². The van der Waals surface area contributed by atoms with Crippen LogP contribution >= 0.6 is 11.6 Å². The van der Waals surface area contributed by atoms with E-state index in [0.29, 0.717) is 34.6 Å². The molecule has 0 bridgehead atoms. The van der Waals surface area contributed by atoms with E-state index in [1.165, 1.54) is 0 Å². The van der Waals surface area contributed by atoms with Gasteiger partial charge in [0.05, 0.1) is 12.0 Å². The number of rotatable bonds is 5. The molecule has 2 N–H and O–H groups in total. The predicted molar refractivity (Wildman–Crippen MR) is 104 cm³/mol. The Morgan fingerprint density at radius 2 is 2.19 bits per heavy atom. The summed E-state index contributed by atoms with van der Waals surface area (Å²) in [6.07, 6.45) is 3.88. The highest BCUT2D eigenvalue weighted by molar-refractivity contribution is 6.30. The molecule has 1 aliphatic rings. The van der Waals surface area contributed by atoms with Crippen molar-refractivity contribution < 1.29 is 9.21 Å². The monoisotopic (exact) mass is 384 g/mol. The van der Waals surface area contributed by atoms with Gasteiger partial charge in [0.15, 0.2) is 11.5 Å². The predicted octanol–water partition coefficient (Wildman–Crippen LogP) is 3.52. The van der Waals surface area contributed by atoms with Crippen LogP contribution in [-0.4, -0.2) is 35.3 Å². The van der Waals surface area contributed by atoms with Crippen LogP contribution in [0.1, 0.15) is 23.3 Å². The largest absolute Gasteiger partial charge is 0.463 e. The van der Waals surface area contributed by atoms with Crippen LogP contribution in [0.15, 0.2) is 53.1 Å². The molecule has 1 unspecified atom stereocenters. The smallest absolute Gasteiger partial charge is 0.271 e. The Balaban J connectivity index is 1.58. The van der Waals surface area contributed by atoms with Crippen molar-refractivity contribution >= 4 is 17.5 Å². The summed E-state index contributed by atoms with van der Waals surface area (Å²) in [6.45, 7) is 2.65. The molecule has 3 aromatic rings. The summed E-state index contributed by atoms with van der Waals surface area (Å²) in [5.74, 6) is 0.930. The summed E-state index contributed by atoms with van der Waals surface area (Å²) in [4.78, 5) is 12.6. The maximum atomic E-state index is 12.6. The average molecular weight is 385 g/mol. The molecule has 1 saturated heterocycles. The number of hydrogen-bond donors (Lipinski definition) is 2. The van der Waals surface area contributed by atoms with E-state index in [-0.39, 0.29) is 5.91 Å². The second-order valence-electron chi connectivity index (χ2n) is 6.70. The molecule has 4 rings (SSSR count). The van der Waals surface area contributed by atoms with E-state index in [0.717, 1.165) is 31.6 Å². The van der Waals surface area contributed by atoms with Crippen LogP contribution < -0.4 is 10.6 Å². The molecule has 1 atom stereocenters. The Morgan fingerprint density at radius 3 is 2.89 bits per heavy atom. The number of carbonyl (C=O) groups is 1. The van der Waals surface area contributed by atoms with Crippen molar-refractivity contribution in [3.8, 4) is 17.1 Å². The summed E-state index contributed by atoms with van der Waals surface area (Å²) >= 11 is 5.99. The summed E-state index contributed by atoms with van der Waals surface area (Å²) in [6, 6.07) is 12.7. The van der Waals surface area contributed by atoms with Crippen molar-refractivity contribution in [2.45, 2.75) is 12.8 Å². The van der Waals surface area contributed by atoms with E-state index >= 15 is 0 Å². The molecule has 1 aromatic carbocycles. The lowest BCUT2D eigenvalue weighted by Crippen LogP contribution is -2.38. The Labute approximate surface area is 162 Å². The molecule has 2 aromatic heterocycles. The van der Waals surface area contributed by atoms with Gasteiger partial charge >= 0.3 is 0 Å². The molecular weight excluding hydrogens is 364 g/mol. The van der Waals surface area contributed by atoms with Crippen LogP contribution in [0.4, 0.5) is 0 Å². The fourth-order valence-electron chi connectivity index (χ4n) is 3.30. The third kappa shape index (κ3) is 4.07. The quantitative estimate of drug-likeness (QED) is 0.706. The minimum Gasteiger partial charge on any atom is -0.463 e. The number of furan rings is 1. The molecule has 7 heteroatoms. The van der Waals surface area contributed by atoms with Gasteiger partial charge in [-0.3, -0.25) is 4.79 Å². The van der Waals surface area contributed by atoms with E-state index in [1.54, 1.807) is 29.1 Å². The molecule has 140 valence electrons. The van der Waals surface area contributed by atoms with Gasteiger partial charge in [0, 0.05) is 17.6 Å².